The summed E-state index contributed by atoms with van der Waals surface area (Å²) in [6.45, 7) is 1.91. The number of nitrogens with one attached hydrogen (secondary N) is 1. The van der Waals surface area contributed by atoms with Crippen LogP contribution < -0.4 is 10.2 Å². The number of hydrogen-bond donors (Lipinski definition) is 1. The monoisotopic (exact) mass is 543 g/mol. The molecule has 5 rings (SSSR count). The van der Waals surface area contributed by atoms with E-state index in [1.165, 1.54) is 14.1 Å². The molecule has 200 valence electrons. The average Bonchev–Trinajstić information content (AvgIpc) is 3.36. The third-order valence-electron chi connectivity index (χ3n) is 6.36. The van der Waals surface area contributed by atoms with E-state index in [0.717, 1.165) is 27.4 Å². The summed E-state index contributed by atoms with van der Waals surface area (Å²) in [7, 11) is -0.833. The van der Waals surface area contributed by atoms with Crippen molar-refractivity contribution >= 4 is 37.6 Å². The van der Waals surface area contributed by atoms with E-state index in [9.17, 15) is 13.2 Å². The number of benzene rings is 2. The first-order chi connectivity index (χ1) is 18.8. The maximum Gasteiger partial charge on any atom is 0.301 e. The van der Waals surface area contributed by atoms with Gasteiger partial charge in [0.25, 0.3) is 0 Å². The first-order valence-electron chi connectivity index (χ1n) is 12.5. The second-order valence-electron chi connectivity index (χ2n) is 9.39. The molecule has 0 bridgehead atoms. The highest BCUT2D eigenvalue weighted by molar-refractivity contribution is 7.90. The third-order valence-corrected chi connectivity index (χ3v) is 7.82. The molecule has 0 saturated heterocycles. The molecular weight excluding hydrogens is 514 g/mol. The number of rotatable bonds is 10. The lowest BCUT2D eigenvalue weighted by Crippen LogP contribution is -2.28. The van der Waals surface area contributed by atoms with Crippen molar-refractivity contribution in [2.24, 2.45) is 0 Å². The Hall–Kier alpha value is -4.12. The predicted octanol–water partition coefficient (Wildman–Crippen LogP) is 4.44. The van der Waals surface area contributed by atoms with Crippen molar-refractivity contribution < 1.29 is 13.2 Å². The quantitative estimate of drug-likeness (QED) is 0.261. The lowest BCUT2D eigenvalue weighted by molar-refractivity contribution is 0.115. The normalized spacial score (nSPS) is 11.9. The highest BCUT2D eigenvalue weighted by Crippen LogP contribution is 2.23. The fourth-order valence-electron chi connectivity index (χ4n) is 4.19. The van der Waals surface area contributed by atoms with Gasteiger partial charge in [-0.15, -0.1) is 0 Å². The highest BCUT2D eigenvalue weighted by Gasteiger charge is 2.14. The number of anilines is 1. The van der Waals surface area contributed by atoms with Crippen LogP contribution in [0.1, 0.15) is 12.0 Å². The van der Waals surface area contributed by atoms with Gasteiger partial charge >= 0.3 is 10.2 Å². The summed E-state index contributed by atoms with van der Waals surface area (Å²) >= 11 is 0. The molecule has 0 aliphatic rings. The Bertz CT molecular complexity index is 1790. The number of ether oxygens (including phenoxy) is 1. The molecule has 3 aromatic carbocycles. The lowest BCUT2D eigenvalue weighted by Gasteiger charge is -2.13. The number of nitrogens with zero attached hydrogens (tertiary/aromatic N) is 4. The maximum atomic E-state index is 13.6. The van der Waals surface area contributed by atoms with Gasteiger partial charge in [-0.1, -0.05) is 42.5 Å². The molecule has 2 heterocycles. The van der Waals surface area contributed by atoms with Crippen LogP contribution in [-0.4, -0.2) is 48.2 Å². The molecule has 1 N–H and O–H groups in total. The van der Waals surface area contributed by atoms with Crippen molar-refractivity contribution in [3.8, 4) is 11.1 Å². The second kappa shape index (κ2) is 11.3. The summed E-state index contributed by atoms with van der Waals surface area (Å²) < 4.78 is 35.7. The number of fused-ring (bicyclic) bond motifs is 2. The molecule has 0 atom stereocenters. The highest BCUT2D eigenvalue weighted by atomic mass is 32.2. The Balaban J connectivity index is 1.35. The van der Waals surface area contributed by atoms with Gasteiger partial charge < -0.3 is 4.74 Å². The zero-order chi connectivity index (χ0) is 27.4. The Kier molecular flexibility index (Phi) is 7.69. The van der Waals surface area contributed by atoms with Crippen molar-refractivity contribution in [2.45, 2.75) is 19.6 Å². The SMILES string of the molecule is CN(C)S(=O)(=O)Nc1ccc2ccc3ncc(-c4cnn(CCCOCc5ccccc5)c4)cc3c(=O)c2c1. The summed E-state index contributed by atoms with van der Waals surface area (Å²) in [4.78, 5) is 18.1. The Morgan fingerprint density at radius 3 is 2.54 bits per heavy atom. The van der Waals surface area contributed by atoms with Crippen LogP contribution in [0, 0.1) is 0 Å². The van der Waals surface area contributed by atoms with E-state index in [0.29, 0.717) is 47.1 Å². The summed E-state index contributed by atoms with van der Waals surface area (Å²) in [6, 6.07) is 20.4. The number of pyridine rings is 1. The van der Waals surface area contributed by atoms with Crippen LogP contribution in [0.2, 0.25) is 0 Å². The van der Waals surface area contributed by atoms with E-state index in [2.05, 4.69) is 14.8 Å². The van der Waals surface area contributed by atoms with Gasteiger partial charge in [0.15, 0.2) is 5.43 Å². The van der Waals surface area contributed by atoms with Crippen LogP contribution in [0.3, 0.4) is 0 Å². The Morgan fingerprint density at radius 2 is 1.74 bits per heavy atom. The van der Waals surface area contributed by atoms with Crippen molar-refractivity contribution in [1.82, 2.24) is 19.1 Å². The number of aryl methyl sites for hydroxylation is 1. The summed E-state index contributed by atoms with van der Waals surface area (Å²) in [5.41, 5.74) is 3.41. The van der Waals surface area contributed by atoms with Crippen LogP contribution in [-0.2, 0) is 28.1 Å². The molecule has 5 aromatic rings. The molecule has 0 aliphatic carbocycles. The topological polar surface area (TPSA) is 106 Å². The van der Waals surface area contributed by atoms with Crippen molar-refractivity contribution in [3.63, 3.8) is 0 Å². The van der Waals surface area contributed by atoms with Crippen LogP contribution in [0.5, 0.6) is 0 Å². The molecule has 9 nitrogen and oxygen atoms in total. The zero-order valence-corrected chi connectivity index (χ0v) is 22.6. The van der Waals surface area contributed by atoms with Crippen LogP contribution in [0.15, 0.2) is 90.1 Å². The first kappa shape index (κ1) is 26.5. The van der Waals surface area contributed by atoms with Gasteiger partial charge in [-0.2, -0.15) is 17.8 Å². The van der Waals surface area contributed by atoms with E-state index in [1.807, 2.05) is 53.3 Å². The zero-order valence-electron chi connectivity index (χ0n) is 21.7. The van der Waals surface area contributed by atoms with Crippen molar-refractivity contribution in [2.75, 3.05) is 25.4 Å². The lowest BCUT2D eigenvalue weighted by atomic mass is 10.1. The van der Waals surface area contributed by atoms with Gasteiger partial charge in [0.05, 0.1) is 24.0 Å². The van der Waals surface area contributed by atoms with E-state index in [1.54, 1.807) is 36.7 Å². The summed E-state index contributed by atoms with van der Waals surface area (Å²) in [5, 5.41) is 5.99. The molecule has 0 spiro atoms. The average molecular weight is 544 g/mol. The minimum Gasteiger partial charge on any atom is -0.377 e. The minimum atomic E-state index is -3.70. The minimum absolute atomic E-state index is 0.229. The van der Waals surface area contributed by atoms with Crippen LogP contribution in [0.4, 0.5) is 5.69 Å². The van der Waals surface area contributed by atoms with Crippen molar-refractivity contribution in [1.29, 1.82) is 0 Å². The van der Waals surface area contributed by atoms with E-state index < -0.39 is 10.2 Å². The summed E-state index contributed by atoms with van der Waals surface area (Å²) in [6.07, 6.45) is 6.23. The molecule has 0 fully saturated rings. The van der Waals surface area contributed by atoms with E-state index >= 15 is 0 Å². The van der Waals surface area contributed by atoms with Gasteiger partial charge in [0.2, 0.25) is 0 Å². The molecule has 39 heavy (non-hydrogen) atoms. The van der Waals surface area contributed by atoms with Gasteiger partial charge in [0, 0.05) is 61.5 Å². The van der Waals surface area contributed by atoms with E-state index in [-0.39, 0.29) is 5.43 Å². The molecule has 0 radical (unpaired) electrons. The smallest absolute Gasteiger partial charge is 0.301 e. The Labute approximate surface area is 226 Å². The molecule has 0 saturated carbocycles. The molecule has 0 aliphatic heterocycles. The molecular formula is C29H29N5O4S. The van der Waals surface area contributed by atoms with Crippen LogP contribution in [0.25, 0.3) is 32.8 Å². The number of hydrogen-bond acceptors (Lipinski definition) is 6. The Morgan fingerprint density at radius 1 is 0.949 bits per heavy atom. The second-order valence-corrected chi connectivity index (χ2v) is 11.3. The molecule has 0 amide bonds. The van der Waals surface area contributed by atoms with Gasteiger partial charge in [0.1, 0.15) is 0 Å². The van der Waals surface area contributed by atoms with E-state index in [4.69, 9.17) is 4.74 Å². The van der Waals surface area contributed by atoms with Gasteiger partial charge in [-0.05, 0) is 41.6 Å². The van der Waals surface area contributed by atoms with Crippen LogP contribution >= 0.6 is 0 Å². The predicted molar refractivity (Wildman–Crippen MR) is 154 cm³/mol. The van der Waals surface area contributed by atoms with Gasteiger partial charge in [-0.25, -0.2) is 0 Å². The fourth-order valence-corrected chi connectivity index (χ4v) is 4.80. The molecule has 0 unspecified atom stereocenters. The molecule has 10 heteroatoms. The fraction of sp³-hybridized carbons (Fsp3) is 0.207. The summed E-state index contributed by atoms with van der Waals surface area (Å²) in [5.74, 6) is 0. The standard InChI is InChI=1S/C29H29N5O4S/c1-33(2)39(36,37)32-25-11-9-22-10-12-28-27(29(35)26(22)16-25)15-23(17-30-28)24-18-31-34(19-24)13-6-14-38-20-21-7-4-3-5-8-21/h3-5,7-12,15-19,32H,6,13-14,20H2,1-2H3. The van der Waals surface area contributed by atoms with Gasteiger partial charge in [-0.3, -0.25) is 19.2 Å². The molecule has 2 aromatic heterocycles. The number of aromatic nitrogens is 3. The maximum absolute atomic E-state index is 13.6. The van der Waals surface area contributed by atoms with Crippen molar-refractivity contribution in [3.05, 3.63) is 101 Å². The largest absolute Gasteiger partial charge is 0.377 e. The third kappa shape index (κ3) is 6.14. The first-order valence-corrected chi connectivity index (χ1v) is 14.0.